The van der Waals surface area contributed by atoms with E-state index in [1.807, 2.05) is 65.6 Å². The van der Waals surface area contributed by atoms with Crippen LogP contribution < -0.4 is 4.74 Å². The molecule has 0 spiro atoms. The monoisotopic (exact) mass is 588 g/mol. The SMILES string of the molecule is COc1ccc(-c2ccc(C(=O)N(C)C)cc2)cc1CN(CC1CCC(C)CC1)C(=O)c1sc2ccccc2c1Cl. The zero-order valence-electron chi connectivity index (χ0n) is 24.2. The van der Waals surface area contributed by atoms with E-state index in [0.29, 0.717) is 34.5 Å². The molecule has 0 unspecified atom stereocenters. The fraction of sp³-hybridized carbons (Fsp3) is 0.353. The predicted molar refractivity (Wildman–Crippen MR) is 169 cm³/mol. The van der Waals surface area contributed by atoms with E-state index < -0.39 is 0 Å². The first-order chi connectivity index (χ1) is 19.7. The lowest BCUT2D eigenvalue weighted by Gasteiger charge is -2.32. The van der Waals surface area contributed by atoms with Gasteiger partial charge in [-0.05, 0) is 66.1 Å². The topological polar surface area (TPSA) is 49.9 Å². The van der Waals surface area contributed by atoms with Crippen LogP contribution in [0.3, 0.4) is 0 Å². The van der Waals surface area contributed by atoms with Crippen LogP contribution in [0.1, 0.15) is 58.2 Å². The number of thiophene rings is 1. The van der Waals surface area contributed by atoms with Crippen LogP contribution in [-0.2, 0) is 6.54 Å². The maximum absolute atomic E-state index is 14.2. The van der Waals surface area contributed by atoms with Crippen LogP contribution in [0.5, 0.6) is 5.75 Å². The molecule has 2 amide bonds. The summed E-state index contributed by atoms with van der Waals surface area (Å²) in [5.41, 5.74) is 3.58. The molecule has 4 aromatic rings. The number of hydrogen-bond donors (Lipinski definition) is 0. The molecule has 0 radical (unpaired) electrons. The molecule has 0 atom stereocenters. The summed E-state index contributed by atoms with van der Waals surface area (Å²) >= 11 is 8.25. The second-order valence-corrected chi connectivity index (χ2v) is 12.8. The van der Waals surface area contributed by atoms with E-state index in [9.17, 15) is 9.59 Å². The van der Waals surface area contributed by atoms with Gasteiger partial charge in [0.2, 0.25) is 0 Å². The van der Waals surface area contributed by atoms with Crippen molar-refractivity contribution in [1.29, 1.82) is 0 Å². The standard InChI is InChI=1S/C34H37ClN2O3S/c1-22-9-11-23(12-10-22)20-37(34(39)32-31(35)28-7-5-6-8-30(28)41-32)21-27-19-26(17-18-29(27)40-4)24-13-15-25(16-14-24)33(38)36(2)3/h5-8,13-19,22-23H,9-12,20-21H2,1-4H3. The second-order valence-electron chi connectivity index (χ2n) is 11.4. The number of benzene rings is 3. The van der Waals surface area contributed by atoms with E-state index in [1.165, 1.54) is 24.2 Å². The summed E-state index contributed by atoms with van der Waals surface area (Å²) in [4.78, 5) is 30.7. The Morgan fingerprint density at radius 2 is 1.61 bits per heavy atom. The quantitative estimate of drug-likeness (QED) is 0.208. The molecule has 0 aliphatic heterocycles. The van der Waals surface area contributed by atoms with Gasteiger partial charge in [0, 0.05) is 48.4 Å². The Labute approximate surface area is 251 Å². The van der Waals surface area contributed by atoms with Crippen molar-refractivity contribution in [3.63, 3.8) is 0 Å². The van der Waals surface area contributed by atoms with Crippen LogP contribution in [-0.4, -0.2) is 49.4 Å². The third-order valence-corrected chi connectivity index (χ3v) is 9.81. The smallest absolute Gasteiger partial charge is 0.265 e. The van der Waals surface area contributed by atoms with Crippen molar-refractivity contribution >= 4 is 44.8 Å². The lowest BCUT2D eigenvalue weighted by atomic mass is 9.82. The highest BCUT2D eigenvalue weighted by Gasteiger charge is 2.28. The van der Waals surface area contributed by atoms with Gasteiger partial charge in [-0.1, -0.05) is 67.8 Å². The summed E-state index contributed by atoms with van der Waals surface area (Å²) in [5.74, 6) is 1.88. The third kappa shape index (κ3) is 6.44. The molecular formula is C34H37ClN2O3S. The molecule has 5 nitrogen and oxygen atoms in total. The lowest BCUT2D eigenvalue weighted by molar-refractivity contribution is 0.0695. The summed E-state index contributed by atoms with van der Waals surface area (Å²) in [6.45, 7) is 3.42. The van der Waals surface area contributed by atoms with Crippen LogP contribution in [0.4, 0.5) is 0 Å². The Hall–Kier alpha value is -3.35. The fourth-order valence-corrected chi connectivity index (χ4v) is 7.17. The van der Waals surface area contributed by atoms with Gasteiger partial charge in [-0.2, -0.15) is 0 Å². The number of halogens is 1. The Morgan fingerprint density at radius 3 is 2.27 bits per heavy atom. The van der Waals surface area contributed by atoms with Gasteiger partial charge in [-0.25, -0.2) is 0 Å². The van der Waals surface area contributed by atoms with Crippen molar-refractivity contribution in [3.05, 3.63) is 87.8 Å². The van der Waals surface area contributed by atoms with Gasteiger partial charge >= 0.3 is 0 Å². The van der Waals surface area contributed by atoms with Crippen LogP contribution in [0.15, 0.2) is 66.7 Å². The van der Waals surface area contributed by atoms with Crippen LogP contribution >= 0.6 is 22.9 Å². The van der Waals surface area contributed by atoms with Gasteiger partial charge in [-0.15, -0.1) is 11.3 Å². The number of nitrogens with zero attached hydrogens (tertiary/aromatic N) is 2. The number of ether oxygens (including phenoxy) is 1. The highest BCUT2D eigenvalue weighted by molar-refractivity contribution is 7.21. The van der Waals surface area contributed by atoms with Gasteiger partial charge in [-0.3, -0.25) is 9.59 Å². The zero-order chi connectivity index (χ0) is 29.1. The molecule has 1 fully saturated rings. The van der Waals surface area contributed by atoms with Crippen LogP contribution in [0, 0.1) is 11.8 Å². The maximum Gasteiger partial charge on any atom is 0.265 e. The summed E-state index contributed by atoms with van der Waals surface area (Å²) < 4.78 is 6.78. The van der Waals surface area contributed by atoms with Crippen molar-refractivity contribution < 1.29 is 14.3 Å². The third-order valence-electron chi connectivity index (χ3n) is 8.14. The number of carbonyl (C=O) groups excluding carboxylic acids is 2. The van der Waals surface area contributed by atoms with Crippen LogP contribution in [0.2, 0.25) is 5.02 Å². The molecule has 0 N–H and O–H groups in total. The molecule has 7 heteroatoms. The van der Waals surface area contributed by atoms with E-state index in [2.05, 4.69) is 13.0 Å². The normalized spacial score (nSPS) is 16.9. The Kier molecular flexibility index (Phi) is 9.00. The first kappa shape index (κ1) is 29.2. The van der Waals surface area contributed by atoms with Crippen molar-refractivity contribution in [2.45, 2.75) is 39.2 Å². The predicted octanol–water partition coefficient (Wildman–Crippen LogP) is 8.40. The van der Waals surface area contributed by atoms with Crippen molar-refractivity contribution in [3.8, 4) is 16.9 Å². The molecule has 214 valence electrons. The summed E-state index contributed by atoms with van der Waals surface area (Å²) in [6.07, 6.45) is 4.64. The molecular weight excluding hydrogens is 552 g/mol. The minimum atomic E-state index is -0.0335. The first-order valence-corrected chi connectivity index (χ1v) is 15.4. The molecule has 3 aromatic carbocycles. The largest absolute Gasteiger partial charge is 0.496 e. The van der Waals surface area contributed by atoms with Crippen molar-refractivity contribution in [2.24, 2.45) is 11.8 Å². The minimum absolute atomic E-state index is 0.0295. The number of rotatable bonds is 8. The molecule has 1 aliphatic carbocycles. The molecule has 0 bridgehead atoms. The van der Waals surface area contributed by atoms with E-state index >= 15 is 0 Å². The van der Waals surface area contributed by atoms with Crippen molar-refractivity contribution in [1.82, 2.24) is 9.80 Å². The molecule has 0 saturated heterocycles. The average molecular weight is 589 g/mol. The summed E-state index contributed by atoms with van der Waals surface area (Å²) in [7, 11) is 5.16. The second kappa shape index (κ2) is 12.7. The number of carbonyl (C=O) groups is 2. The van der Waals surface area contributed by atoms with E-state index in [0.717, 1.165) is 51.3 Å². The molecule has 1 aromatic heterocycles. The summed E-state index contributed by atoms with van der Waals surface area (Å²) in [5, 5.41) is 1.45. The molecule has 1 aliphatic rings. The van der Waals surface area contributed by atoms with Gasteiger partial charge in [0.25, 0.3) is 11.8 Å². The maximum atomic E-state index is 14.2. The molecule has 1 heterocycles. The number of hydrogen-bond acceptors (Lipinski definition) is 4. The average Bonchev–Trinajstić information content (AvgIpc) is 3.33. The Morgan fingerprint density at radius 1 is 0.927 bits per heavy atom. The zero-order valence-corrected chi connectivity index (χ0v) is 25.7. The lowest BCUT2D eigenvalue weighted by Crippen LogP contribution is -2.36. The number of fused-ring (bicyclic) bond motifs is 1. The molecule has 41 heavy (non-hydrogen) atoms. The van der Waals surface area contributed by atoms with Gasteiger partial charge in [0.05, 0.1) is 12.1 Å². The van der Waals surface area contributed by atoms with Gasteiger partial charge in [0.15, 0.2) is 0 Å². The molecule has 5 rings (SSSR count). The fourth-order valence-electron chi connectivity index (χ4n) is 5.69. The molecule has 1 saturated carbocycles. The highest BCUT2D eigenvalue weighted by Crippen LogP contribution is 2.38. The van der Waals surface area contributed by atoms with Crippen LogP contribution in [0.25, 0.3) is 21.2 Å². The Balaban J connectivity index is 1.47. The number of methoxy groups -OCH3 is 1. The minimum Gasteiger partial charge on any atom is -0.496 e. The van der Waals surface area contributed by atoms with Gasteiger partial charge < -0.3 is 14.5 Å². The van der Waals surface area contributed by atoms with E-state index in [4.69, 9.17) is 16.3 Å². The first-order valence-electron chi connectivity index (χ1n) is 14.2. The van der Waals surface area contributed by atoms with E-state index in [-0.39, 0.29) is 11.8 Å². The number of amides is 2. The van der Waals surface area contributed by atoms with Gasteiger partial charge in [0.1, 0.15) is 10.6 Å². The van der Waals surface area contributed by atoms with Crippen molar-refractivity contribution in [2.75, 3.05) is 27.7 Å². The highest BCUT2D eigenvalue weighted by atomic mass is 35.5. The summed E-state index contributed by atoms with van der Waals surface area (Å²) in [6, 6.07) is 21.6. The Bertz CT molecular complexity index is 1540. The van der Waals surface area contributed by atoms with E-state index in [1.54, 1.807) is 26.1 Å².